The van der Waals surface area contributed by atoms with Gasteiger partial charge >= 0.3 is 0 Å². The molecule has 6 nitrogen and oxygen atoms in total. The average Bonchev–Trinajstić information content (AvgIpc) is 2.80. The fraction of sp³-hybridized carbons (Fsp3) is 1.00. The van der Waals surface area contributed by atoms with Gasteiger partial charge in [0.25, 0.3) is 0 Å². The average molecular weight is 491 g/mol. The molecular formula is C26H58N4O2S. The molecule has 0 unspecified atom stereocenters. The maximum atomic E-state index is 12.8. The van der Waals surface area contributed by atoms with Crippen LogP contribution in [0.25, 0.3) is 0 Å². The Labute approximate surface area is 207 Å². The number of nitrogens with two attached hydrogens (primary N) is 2. The van der Waals surface area contributed by atoms with Gasteiger partial charge in [-0.1, -0.05) is 90.4 Å². The van der Waals surface area contributed by atoms with E-state index in [0.29, 0.717) is 26.2 Å². The Balaban J connectivity index is 3.81. The summed E-state index contributed by atoms with van der Waals surface area (Å²) in [4.78, 5) is 0. The fourth-order valence-electron chi connectivity index (χ4n) is 4.16. The van der Waals surface area contributed by atoms with E-state index in [4.69, 9.17) is 11.5 Å². The number of hydrogen-bond acceptors (Lipinski definition) is 5. The molecular weight excluding hydrogens is 432 g/mol. The Morgan fingerprint density at radius 3 is 1.55 bits per heavy atom. The van der Waals surface area contributed by atoms with Crippen LogP contribution in [0.2, 0.25) is 0 Å². The highest BCUT2D eigenvalue weighted by Crippen LogP contribution is 2.14. The van der Waals surface area contributed by atoms with Gasteiger partial charge in [-0.2, -0.15) is 0 Å². The second-order valence-corrected chi connectivity index (χ2v) is 11.6. The van der Waals surface area contributed by atoms with E-state index in [2.05, 4.69) is 12.2 Å². The summed E-state index contributed by atoms with van der Waals surface area (Å²) in [5, 5.41) is 3.36. The number of rotatable bonds is 27. The van der Waals surface area contributed by atoms with Crippen LogP contribution in [0.5, 0.6) is 0 Å². The van der Waals surface area contributed by atoms with Crippen LogP contribution in [0.4, 0.5) is 0 Å². The highest BCUT2D eigenvalue weighted by atomic mass is 32.2. The Bertz CT molecular complexity index is 489. The first-order valence-corrected chi connectivity index (χ1v) is 15.8. The summed E-state index contributed by atoms with van der Waals surface area (Å²) in [5.74, 6) is 0.282. The van der Waals surface area contributed by atoms with Crippen LogP contribution >= 0.6 is 0 Å². The third-order valence-corrected chi connectivity index (χ3v) is 8.29. The lowest BCUT2D eigenvalue weighted by Gasteiger charge is -2.22. The van der Waals surface area contributed by atoms with Gasteiger partial charge in [0.15, 0.2) is 0 Å². The van der Waals surface area contributed by atoms with Gasteiger partial charge in [0.05, 0.1) is 5.75 Å². The SMILES string of the molecule is CCCCCCCCCCCCCCCCS(=O)(=O)N(CCCN)CCCCNCCCN. The van der Waals surface area contributed by atoms with Crippen molar-refractivity contribution in [2.45, 2.75) is 122 Å². The van der Waals surface area contributed by atoms with Crippen molar-refractivity contribution in [3.8, 4) is 0 Å². The predicted molar refractivity (Wildman–Crippen MR) is 145 cm³/mol. The zero-order chi connectivity index (χ0) is 24.5. The van der Waals surface area contributed by atoms with Crippen LogP contribution in [-0.4, -0.2) is 57.7 Å². The molecule has 200 valence electrons. The molecule has 0 fully saturated rings. The van der Waals surface area contributed by atoms with Crippen molar-refractivity contribution in [1.82, 2.24) is 9.62 Å². The normalized spacial score (nSPS) is 12.1. The Hall–Kier alpha value is -0.210. The van der Waals surface area contributed by atoms with Gasteiger partial charge < -0.3 is 16.8 Å². The summed E-state index contributed by atoms with van der Waals surface area (Å²) in [6.45, 7) is 6.53. The monoisotopic (exact) mass is 490 g/mol. The van der Waals surface area contributed by atoms with Crippen LogP contribution in [0.1, 0.15) is 122 Å². The van der Waals surface area contributed by atoms with Crippen molar-refractivity contribution < 1.29 is 8.42 Å². The third-order valence-electron chi connectivity index (χ3n) is 6.33. The largest absolute Gasteiger partial charge is 0.330 e. The molecule has 0 saturated heterocycles. The summed E-state index contributed by atoms with van der Waals surface area (Å²) < 4.78 is 27.3. The molecule has 0 spiro atoms. The molecule has 0 rings (SSSR count). The van der Waals surface area contributed by atoms with E-state index < -0.39 is 10.0 Å². The molecule has 0 saturated carbocycles. The molecule has 0 atom stereocenters. The highest BCUT2D eigenvalue weighted by molar-refractivity contribution is 7.89. The number of hydrogen-bond donors (Lipinski definition) is 3. The first kappa shape index (κ1) is 32.8. The molecule has 0 amide bonds. The molecule has 0 aliphatic heterocycles. The van der Waals surface area contributed by atoms with E-state index in [0.717, 1.165) is 58.0 Å². The number of sulfonamides is 1. The molecule has 0 aliphatic rings. The molecule has 0 aromatic heterocycles. The molecule has 5 N–H and O–H groups in total. The molecule has 33 heavy (non-hydrogen) atoms. The maximum Gasteiger partial charge on any atom is 0.214 e. The van der Waals surface area contributed by atoms with Gasteiger partial charge in [-0.05, 0) is 58.3 Å². The predicted octanol–water partition coefficient (Wildman–Crippen LogP) is 5.17. The van der Waals surface area contributed by atoms with E-state index >= 15 is 0 Å². The third kappa shape index (κ3) is 22.0. The Morgan fingerprint density at radius 1 is 0.576 bits per heavy atom. The molecule has 0 radical (unpaired) electrons. The second kappa shape index (κ2) is 24.9. The van der Waals surface area contributed by atoms with Gasteiger partial charge in [0.2, 0.25) is 10.0 Å². The second-order valence-electron chi connectivity index (χ2n) is 9.55. The minimum atomic E-state index is -3.17. The van der Waals surface area contributed by atoms with Crippen LogP contribution < -0.4 is 16.8 Å². The van der Waals surface area contributed by atoms with Crippen molar-refractivity contribution in [3.05, 3.63) is 0 Å². The first-order chi connectivity index (χ1) is 16.1. The van der Waals surface area contributed by atoms with Crippen LogP contribution in [0, 0.1) is 0 Å². The Morgan fingerprint density at radius 2 is 1.03 bits per heavy atom. The minimum absolute atomic E-state index is 0.282. The lowest BCUT2D eigenvalue weighted by Crippen LogP contribution is -2.36. The van der Waals surface area contributed by atoms with E-state index in [1.54, 1.807) is 4.31 Å². The van der Waals surface area contributed by atoms with Gasteiger partial charge in [-0.15, -0.1) is 0 Å². The molecule has 0 bridgehead atoms. The topological polar surface area (TPSA) is 101 Å². The zero-order valence-electron chi connectivity index (χ0n) is 22.0. The van der Waals surface area contributed by atoms with E-state index in [1.165, 1.54) is 70.6 Å². The van der Waals surface area contributed by atoms with E-state index in [-0.39, 0.29) is 5.75 Å². The van der Waals surface area contributed by atoms with Gasteiger partial charge in [0, 0.05) is 13.1 Å². The van der Waals surface area contributed by atoms with Crippen LogP contribution in [0.15, 0.2) is 0 Å². The summed E-state index contributed by atoms with van der Waals surface area (Å²) in [6.07, 6.45) is 21.5. The summed E-state index contributed by atoms with van der Waals surface area (Å²) in [7, 11) is -3.17. The van der Waals surface area contributed by atoms with E-state index in [1.807, 2.05) is 0 Å². The Kier molecular flexibility index (Phi) is 24.7. The van der Waals surface area contributed by atoms with Gasteiger partial charge in [-0.25, -0.2) is 12.7 Å². The zero-order valence-corrected chi connectivity index (χ0v) is 22.8. The highest BCUT2D eigenvalue weighted by Gasteiger charge is 2.20. The molecule has 0 heterocycles. The lowest BCUT2D eigenvalue weighted by atomic mass is 10.0. The van der Waals surface area contributed by atoms with Crippen molar-refractivity contribution in [2.24, 2.45) is 11.5 Å². The van der Waals surface area contributed by atoms with Crippen molar-refractivity contribution in [3.63, 3.8) is 0 Å². The van der Waals surface area contributed by atoms with E-state index in [9.17, 15) is 8.42 Å². The fourth-order valence-corrected chi connectivity index (χ4v) is 5.80. The molecule has 0 aliphatic carbocycles. The summed E-state index contributed by atoms with van der Waals surface area (Å²) >= 11 is 0. The van der Waals surface area contributed by atoms with Crippen LogP contribution in [-0.2, 0) is 10.0 Å². The van der Waals surface area contributed by atoms with Gasteiger partial charge in [-0.3, -0.25) is 0 Å². The molecule has 7 heteroatoms. The standard InChI is InChI=1S/C26H58N4O2S/c1-2-3-4-5-6-7-8-9-10-11-12-13-14-17-26-33(31,32)30(25-19-21-28)24-16-15-22-29-23-18-20-27/h29H,2-28H2,1H3. The molecule has 0 aromatic carbocycles. The lowest BCUT2D eigenvalue weighted by molar-refractivity contribution is 0.393. The summed E-state index contributed by atoms with van der Waals surface area (Å²) in [5.41, 5.74) is 11.1. The number of nitrogens with one attached hydrogen (secondary N) is 1. The van der Waals surface area contributed by atoms with Crippen molar-refractivity contribution >= 4 is 10.0 Å². The quantitative estimate of drug-likeness (QED) is 0.138. The first-order valence-electron chi connectivity index (χ1n) is 14.2. The minimum Gasteiger partial charge on any atom is -0.330 e. The van der Waals surface area contributed by atoms with Crippen LogP contribution in [0.3, 0.4) is 0 Å². The van der Waals surface area contributed by atoms with Gasteiger partial charge in [0.1, 0.15) is 0 Å². The molecule has 0 aromatic rings. The number of unbranched alkanes of at least 4 members (excludes halogenated alkanes) is 14. The smallest absolute Gasteiger partial charge is 0.214 e. The maximum absolute atomic E-state index is 12.8. The summed E-state index contributed by atoms with van der Waals surface area (Å²) in [6, 6.07) is 0. The van der Waals surface area contributed by atoms with Crippen molar-refractivity contribution in [1.29, 1.82) is 0 Å². The number of nitrogens with zero attached hydrogens (tertiary/aromatic N) is 1. The van der Waals surface area contributed by atoms with Crippen molar-refractivity contribution in [2.75, 3.05) is 45.0 Å².